The molecular formula is C23H28N2O2. The molecule has 0 aliphatic carbocycles. The van der Waals surface area contributed by atoms with Gasteiger partial charge in [-0.05, 0) is 61.6 Å². The lowest BCUT2D eigenvalue weighted by Crippen LogP contribution is -2.38. The zero-order chi connectivity index (χ0) is 19.7. The summed E-state index contributed by atoms with van der Waals surface area (Å²) in [5.74, 6) is 0.0961. The van der Waals surface area contributed by atoms with Crippen LogP contribution in [0.4, 0.5) is 5.69 Å². The van der Waals surface area contributed by atoms with E-state index in [1.165, 1.54) is 5.56 Å². The van der Waals surface area contributed by atoms with Crippen LogP contribution in [-0.4, -0.2) is 23.3 Å². The van der Waals surface area contributed by atoms with Gasteiger partial charge in [-0.15, -0.1) is 0 Å². The fraction of sp³-hybridized carbons (Fsp3) is 0.391. The van der Waals surface area contributed by atoms with Crippen molar-refractivity contribution in [1.82, 2.24) is 4.90 Å². The van der Waals surface area contributed by atoms with Gasteiger partial charge in [-0.3, -0.25) is 9.59 Å². The Morgan fingerprint density at radius 3 is 2.30 bits per heavy atom. The summed E-state index contributed by atoms with van der Waals surface area (Å²) < 4.78 is 0. The predicted octanol–water partition coefficient (Wildman–Crippen LogP) is 4.40. The van der Waals surface area contributed by atoms with Crippen LogP contribution in [0, 0.1) is 26.7 Å². The molecule has 0 bridgehead atoms. The average molecular weight is 364 g/mol. The fourth-order valence-electron chi connectivity index (χ4n) is 3.92. The van der Waals surface area contributed by atoms with Crippen LogP contribution < -0.4 is 5.32 Å². The lowest BCUT2D eigenvalue weighted by atomic mass is 9.97. The monoisotopic (exact) mass is 364 g/mol. The molecule has 0 atom stereocenters. The molecule has 1 aliphatic rings. The second-order valence-electron chi connectivity index (χ2n) is 7.88. The Labute approximate surface area is 161 Å². The lowest BCUT2D eigenvalue weighted by Gasteiger charge is -2.30. The van der Waals surface area contributed by atoms with Gasteiger partial charge in [0.25, 0.3) is 5.91 Å². The molecule has 2 aromatic rings. The molecule has 142 valence electrons. The van der Waals surface area contributed by atoms with Gasteiger partial charge in [-0.2, -0.15) is 0 Å². The van der Waals surface area contributed by atoms with Gasteiger partial charge in [0.15, 0.2) is 0 Å². The Kier molecular flexibility index (Phi) is 5.36. The molecule has 27 heavy (non-hydrogen) atoms. The van der Waals surface area contributed by atoms with E-state index in [0.717, 1.165) is 46.5 Å². The van der Waals surface area contributed by atoms with Crippen LogP contribution in [0.1, 0.15) is 52.0 Å². The first-order chi connectivity index (χ1) is 12.8. The Morgan fingerprint density at radius 1 is 1.00 bits per heavy atom. The van der Waals surface area contributed by atoms with Gasteiger partial charge in [-0.1, -0.05) is 37.6 Å². The van der Waals surface area contributed by atoms with E-state index in [4.69, 9.17) is 0 Å². The average Bonchev–Trinajstić information content (AvgIpc) is 2.59. The summed E-state index contributed by atoms with van der Waals surface area (Å²) in [6.45, 7) is 11.2. The number of hydrogen-bond acceptors (Lipinski definition) is 2. The van der Waals surface area contributed by atoms with Crippen LogP contribution in [0.5, 0.6) is 0 Å². The van der Waals surface area contributed by atoms with Crippen molar-refractivity contribution in [2.24, 2.45) is 5.92 Å². The normalized spacial score (nSPS) is 13.5. The highest BCUT2D eigenvalue weighted by molar-refractivity contribution is 6.06. The molecule has 0 fully saturated rings. The van der Waals surface area contributed by atoms with Gasteiger partial charge in [0, 0.05) is 30.3 Å². The van der Waals surface area contributed by atoms with Crippen LogP contribution in [-0.2, 0) is 17.8 Å². The standard InChI is InChI=1S/C23H28N2O2/c1-14(2)23(27)25-9-8-18-6-7-20(12-19(18)13-25)24-22(26)21-16(4)10-15(3)11-17(21)5/h6-7,10-12,14H,8-9,13H2,1-5H3,(H,24,26). The van der Waals surface area contributed by atoms with Crippen LogP contribution in [0.25, 0.3) is 0 Å². The third kappa shape index (κ3) is 4.05. The Morgan fingerprint density at radius 2 is 1.67 bits per heavy atom. The summed E-state index contributed by atoms with van der Waals surface area (Å²) >= 11 is 0. The number of carbonyl (C=O) groups excluding carboxylic acids is 2. The maximum atomic E-state index is 12.8. The fourth-order valence-corrected chi connectivity index (χ4v) is 3.92. The summed E-state index contributed by atoms with van der Waals surface area (Å²) in [5.41, 5.74) is 7.00. The summed E-state index contributed by atoms with van der Waals surface area (Å²) in [7, 11) is 0. The highest BCUT2D eigenvalue weighted by Gasteiger charge is 2.23. The van der Waals surface area contributed by atoms with E-state index in [1.54, 1.807) is 0 Å². The molecule has 2 aromatic carbocycles. The van der Waals surface area contributed by atoms with Gasteiger partial charge < -0.3 is 10.2 Å². The summed E-state index contributed by atoms with van der Waals surface area (Å²) in [5, 5.41) is 3.03. The van der Waals surface area contributed by atoms with Crippen molar-refractivity contribution in [1.29, 1.82) is 0 Å². The first kappa shape index (κ1) is 19.2. The zero-order valence-electron chi connectivity index (χ0n) is 16.8. The Bertz CT molecular complexity index is 876. The molecule has 0 saturated carbocycles. The van der Waals surface area contributed by atoms with Crippen molar-refractivity contribution >= 4 is 17.5 Å². The minimum absolute atomic E-state index is 0.00178. The number of benzene rings is 2. The summed E-state index contributed by atoms with van der Waals surface area (Å²) in [6.07, 6.45) is 0.859. The SMILES string of the molecule is Cc1cc(C)c(C(=O)Nc2ccc3c(c2)CN(C(=O)C(C)C)CC3)c(C)c1. The number of anilines is 1. The van der Waals surface area contributed by atoms with Crippen LogP contribution in [0.2, 0.25) is 0 Å². The van der Waals surface area contributed by atoms with Crippen molar-refractivity contribution in [3.8, 4) is 0 Å². The quantitative estimate of drug-likeness (QED) is 0.877. The maximum absolute atomic E-state index is 12.8. The van der Waals surface area contributed by atoms with E-state index in [1.807, 2.05) is 63.8 Å². The highest BCUT2D eigenvalue weighted by atomic mass is 16.2. The topological polar surface area (TPSA) is 49.4 Å². The predicted molar refractivity (Wildman–Crippen MR) is 109 cm³/mol. The van der Waals surface area contributed by atoms with E-state index >= 15 is 0 Å². The van der Waals surface area contributed by atoms with Gasteiger partial charge >= 0.3 is 0 Å². The van der Waals surface area contributed by atoms with Gasteiger partial charge in [0.2, 0.25) is 5.91 Å². The number of amides is 2. The minimum Gasteiger partial charge on any atom is -0.338 e. The second-order valence-corrected chi connectivity index (χ2v) is 7.88. The lowest BCUT2D eigenvalue weighted by molar-refractivity contribution is -0.135. The molecule has 0 unspecified atom stereocenters. The van der Waals surface area contributed by atoms with Crippen molar-refractivity contribution in [3.63, 3.8) is 0 Å². The molecule has 1 N–H and O–H groups in total. The van der Waals surface area contributed by atoms with E-state index in [0.29, 0.717) is 6.54 Å². The number of rotatable bonds is 3. The van der Waals surface area contributed by atoms with E-state index < -0.39 is 0 Å². The third-order valence-electron chi connectivity index (χ3n) is 5.19. The highest BCUT2D eigenvalue weighted by Crippen LogP contribution is 2.25. The molecule has 0 spiro atoms. The summed E-state index contributed by atoms with van der Waals surface area (Å²) in [4.78, 5) is 27.0. The van der Waals surface area contributed by atoms with Crippen molar-refractivity contribution in [2.75, 3.05) is 11.9 Å². The second kappa shape index (κ2) is 7.55. The van der Waals surface area contributed by atoms with Crippen LogP contribution in [0.3, 0.4) is 0 Å². The number of fused-ring (bicyclic) bond motifs is 1. The number of aryl methyl sites for hydroxylation is 3. The zero-order valence-corrected chi connectivity index (χ0v) is 16.8. The first-order valence-electron chi connectivity index (χ1n) is 9.56. The minimum atomic E-state index is -0.0872. The summed E-state index contributed by atoms with van der Waals surface area (Å²) in [6, 6.07) is 10.1. The molecule has 0 aromatic heterocycles. The number of nitrogens with zero attached hydrogens (tertiary/aromatic N) is 1. The molecule has 4 nitrogen and oxygen atoms in total. The molecule has 0 radical (unpaired) electrons. The van der Waals surface area contributed by atoms with Gasteiger partial charge in [-0.25, -0.2) is 0 Å². The molecule has 3 rings (SSSR count). The first-order valence-corrected chi connectivity index (χ1v) is 9.56. The molecule has 0 saturated heterocycles. The van der Waals surface area contributed by atoms with E-state index in [9.17, 15) is 9.59 Å². The van der Waals surface area contributed by atoms with Gasteiger partial charge in [0.05, 0.1) is 0 Å². The van der Waals surface area contributed by atoms with Crippen molar-refractivity contribution < 1.29 is 9.59 Å². The molecular weight excluding hydrogens is 336 g/mol. The number of carbonyl (C=O) groups is 2. The van der Waals surface area contributed by atoms with E-state index in [2.05, 4.69) is 11.4 Å². The van der Waals surface area contributed by atoms with E-state index in [-0.39, 0.29) is 17.7 Å². The third-order valence-corrected chi connectivity index (χ3v) is 5.19. The smallest absolute Gasteiger partial charge is 0.256 e. The van der Waals surface area contributed by atoms with Crippen LogP contribution >= 0.6 is 0 Å². The Hall–Kier alpha value is -2.62. The van der Waals surface area contributed by atoms with Crippen molar-refractivity contribution in [3.05, 3.63) is 63.7 Å². The largest absolute Gasteiger partial charge is 0.338 e. The van der Waals surface area contributed by atoms with Gasteiger partial charge in [0.1, 0.15) is 0 Å². The number of nitrogens with one attached hydrogen (secondary N) is 1. The number of hydrogen-bond donors (Lipinski definition) is 1. The maximum Gasteiger partial charge on any atom is 0.256 e. The van der Waals surface area contributed by atoms with Crippen LogP contribution in [0.15, 0.2) is 30.3 Å². The molecule has 1 aliphatic heterocycles. The van der Waals surface area contributed by atoms with Crippen molar-refractivity contribution in [2.45, 2.75) is 47.6 Å². The molecule has 2 amide bonds. The molecule has 4 heteroatoms. The Balaban J connectivity index is 1.81. The molecule has 1 heterocycles.